The Kier molecular flexibility index (Phi) is 3.60. The summed E-state index contributed by atoms with van der Waals surface area (Å²) in [5, 5.41) is 10.8. The van der Waals surface area contributed by atoms with Crippen molar-refractivity contribution in [2.45, 2.75) is 6.61 Å². The highest BCUT2D eigenvalue weighted by atomic mass is 79.9. The number of hydrogen-bond donors (Lipinski definition) is 0. The average molecular weight is 294 g/mol. The molecular formula is C12H8BrNOS. The Bertz CT molecular complexity index is 516. The largest absolute Gasteiger partial charge is 0.488 e. The van der Waals surface area contributed by atoms with E-state index in [2.05, 4.69) is 22.0 Å². The van der Waals surface area contributed by atoms with Gasteiger partial charge in [0.1, 0.15) is 18.4 Å². The highest BCUT2D eigenvalue weighted by Crippen LogP contribution is 2.23. The van der Waals surface area contributed by atoms with E-state index in [0.29, 0.717) is 12.2 Å². The van der Waals surface area contributed by atoms with Gasteiger partial charge in [-0.25, -0.2) is 0 Å². The Morgan fingerprint density at radius 3 is 2.88 bits per heavy atom. The van der Waals surface area contributed by atoms with E-state index in [1.165, 1.54) is 4.88 Å². The second kappa shape index (κ2) is 5.15. The van der Waals surface area contributed by atoms with Crippen LogP contribution < -0.4 is 4.74 Å². The number of thiophene rings is 1. The van der Waals surface area contributed by atoms with Crippen molar-refractivity contribution in [3.8, 4) is 11.8 Å². The third-order valence-electron chi connectivity index (χ3n) is 2.02. The predicted octanol–water partition coefficient (Wildman–Crippen LogP) is 3.96. The van der Waals surface area contributed by atoms with Gasteiger partial charge in [-0.1, -0.05) is 6.07 Å². The van der Waals surface area contributed by atoms with E-state index in [9.17, 15) is 0 Å². The number of nitriles is 1. The Balaban J connectivity index is 2.06. The van der Waals surface area contributed by atoms with Crippen LogP contribution in [0.4, 0.5) is 0 Å². The van der Waals surface area contributed by atoms with Gasteiger partial charge >= 0.3 is 0 Å². The topological polar surface area (TPSA) is 33.0 Å². The summed E-state index contributed by atoms with van der Waals surface area (Å²) in [4.78, 5) is 1.18. The Hall–Kier alpha value is -1.31. The zero-order valence-electron chi connectivity index (χ0n) is 8.31. The summed E-state index contributed by atoms with van der Waals surface area (Å²) in [6.45, 7) is 0.565. The summed E-state index contributed by atoms with van der Waals surface area (Å²) in [5.74, 6) is 0.763. The molecule has 2 rings (SSSR count). The first-order chi connectivity index (χ1) is 7.79. The molecule has 0 saturated heterocycles. The first-order valence-corrected chi connectivity index (χ1v) is 6.31. The standard InChI is InChI=1S/C12H8BrNOS/c13-12-6-10(4-3-9(12)7-14)15-8-11-2-1-5-16-11/h1-6H,8H2. The minimum atomic E-state index is 0.565. The van der Waals surface area contributed by atoms with Crippen molar-refractivity contribution < 1.29 is 4.74 Å². The maximum Gasteiger partial charge on any atom is 0.122 e. The van der Waals surface area contributed by atoms with Gasteiger partial charge in [-0.15, -0.1) is 11.3 Å². The minimum Gasteiger partial charge on any atom is -0.488 e. The van der Waals surface area contributed by atoms with Gasteiger partial charge in [0.15, 0.2) is 0 Å². The molecule has 0 saturated carbocycles. The van der Waals surface area contributed by atoms with Crippen LogP contribution in [0.2, 0.25) is 0 Å². The molecule has 0 aliphatic carbocycles. The molecule has 1 aromatic heterocycles. The Morgan fingerprint density at radius 2 is 2.25 bits per heavy atom. The fraction of sp³-hybridized carbons (Fsp3) is 0.0833. The van der Waals surface area contributed by atoms with Gasteiger partial charge in [0.2, 0.25) is 0 Å². The van der Waals surface area contributed by atoms with Crippen LogP contribution in [0.5, 0.6) is 5.75 Å². The summed E-state index contributed by atoms with van der Waals surface area (Å²) in [6.07, 6.45) is 0. The Morgan fingerprint density at radius 1 is 1.38 bits per heavy atom. The van der Waals surface area contributed by atoms with Gasteiger partial charge in [0, 0.05) is 9.35 Å². The summed E-state index contributed by atoms with van der Waals surface area (Å²) in [5.41, 5.74) is 0.614. The van der Waals surface area contributed by atoms with Crippen molar-refractivity contribution in [1.29, 1.82) is 5.26 Å². The molecule has 0 fully saturated rings. The average Bonchev–Trinajstić information content (AvgIpc) is 2.79. The molecule has 1 heterocycles. The van der Waals surface area contributed by atoms with Gasteiger partial charge in [-0.2, -0.15) is 5.26 Å². The SMILES string of the molecule is N#Cc1ccc(OCc2cccs2)cc1Br. The molecule has 0 amide bonds. The van der Waals surface area contributed by atoms with Crippen LogP contribution in [-0.2, 0) is 6.61 Å². The highest BCUT2D eigenvalue weighted by Gasteiger charge is 2.02. The number of rotatable bonds is 3. The summed E-state index contributed by atoms with van der Waals surface area (Å²) in [6, 6.07) is 11.5. The number of halogens is 1. The lowest BCUT2D eigenvalue weighted by atomic mass is 10.2. The van der Waals surface area contributed by atoms with E-state index < -0.39 is 0 Å². The van der Waals surface area contributed by atoms with Crippen LogP contribution in [0.3, 0.4) is 0 Å². The Labute approximate surface area is 106 Å². The normalized spacial score (nSPS) is 9.75. The van der Waals surface area contributed by atoms with E-state index in [1.807, 2.05) is 23.6 Å². The highest BCUT2D eigenvalue weighted by molar-refractivity contribution is 9.10. The van der Waals surface area contributed by atoms with E-state index in [1.54, 1.807) is 23.5 Å². The lowest BCUT2D eigenvalue weighted by molar-refractivity contribution is 0.309. The lowest BCUT2D eigenvalue weighted by Crippen LogP contribution is -1.93. The van der Waals surface area contributed by atoms with Crippen molar-refractivity contribution >= 4 is 27.3 Å². The van der Waals surface area contributed by atoms with Crippen LogP contribution in [0.15, 0.2) is 40.2 Å². The maximum absolute atomic E-state index is 8.77. The zero-order valence-corrected chi connectivity index (χ0v) is 10.7. The molecule has 0 aliphatic rings. The molecule has 0 unspecified atom stereocenters. The molecule has 0 atom stereocenters. The monoisotopic (exact) mass is 293 g/mol. The molecule has 16 heavy (non-hydrogen) atoms. The molecule has 0 aliphatic heterocycles. The first-order valence-electron chi connectivity index (χ1n) is 4.64. The van der Waals surface area contributed by atoms with Gasteiger partial charge in [-0.05, 0) is 45.6 Å². The van der Waals surface area contributed by atoms with E-state index in [0.717, 1.165) is 10.2 Å². The van der Waals surface area contributed by atoms with Gasteiger partial charge in [0.25, 0.3) is 0 Å². The number of benzene rings is 1. The number of hydrogen-bond acceptors (Lipinski definition) is 3. The van der Waals surface area contributed by atoms with Gasteiger partial charge < -0.3 is 4.74 Å². The quantitative estimate of drug-likeness (QED) is 0.858. The van der Waals surface area contributed by atoms with Crippen LogP contribution in [-0.4, -0.2) is 0 Å². The number of nitrogens with zero attached hydrogens (tertiary/aromatic N) is 1. The van der Waals surface area contributed by atoms with E-state index >= 15 is 0 Å². The molecule has 0 bridgehead atoms. The van der Waals surface area contributed by atoms with Crippen molar-refractivity contribution in [3.63, 3.8) is 0 Å². The zero-order chi connectivity index (χ0) is 11.4. The molecule has 2 nitrogen and oxygen atoms in total. The predicted molar refractivity (Wildman–Crippen MR) is 67.5 cm³/mol. The molecule has 0 radical (unpaired) electrons. The summed E-state index contributed by atoms with van der Waals surface area (Å²) >= 11 is 4.99. The maximum atomic E-state index is 8.77. The van der Waals surface area contributed by atoms with Crippen molar-refractivity contribution in [2.24, 2.45) is 0 Å². The van der Waals surface area contributed by atoms with Crippen molar-refractivity contribution in [2.75, 3.05) is 0 Å². The smallest absolute Gasteiger partial charge is 0.122 e. The molecule has 80 valence electrons. The second-order valence-corrected chi connectivity index (χ2v) is 5.01. The van der Waals surface area contributed by atoms with E-state index in [4.69, 9.17) is 10.00 Å². The fourth-order valence-electron chi connectivity index (χ4n) is 1.23. The third kappa shape index (κ3) is 2.63. The van der Waals surface area contributed by atoms with Gasteiger partial charge in [0.05, 0.1) is 5.56 Å². The molecule has 1 aromatic carbocycles. The molecule has 0 N–H and O–H groups in total. The second-order valence-electron chi connectivity index (χ2n) is 3.12. The molecule has 0 spiro atoms. The van der Waals surface area contributed by atoms with Crippen LogP contribution in [0, 0.1) is 11.3 Å². The van der Waals surface area contributed by atoms with Crippen LogP contribution in [0.1, 0.15) is 10.4 Å². The fourth-order valence-corrected chi connectivity index (χ4v) is 2.29. The van der Waals surface area contributed by atoms with Crippen molar-refractivity contribution in [1.82, 2.24) is 0 Å². The summed E-state index contributed by atoms with van der Waals surface area (Å²) < 4.78 is 6.36. The third-order valence-corrected chi connectivity index (χ3v) is 3.53. The van der Waals surface area contributed by atoms with Crippen molar-refractivity contribution in [3.05, 3.63) is 50.6 Å². The first kappa shape index (κ1) is 11.2. The van der Waals surface area contributed by atoms with E-state index in [-0.39, 0.29) is 0 Å². The number of ether oxygens (including phenoxy) is 1. The van der Waals surface area contributed by atoms with Crippen LogP contribution >= 0.6 is 27.3 Å². The molecule has 2 aromatic rings. The van der Waals surface area contributed by atoms with Crippen LogP contribution in [0.25, 0.3) is 0 Å². The minimum absolute atomic E-state index is 0.565. The van der Waals surface area contributed by atoms with Gasteiger partial charge in [-0.3, -0.25) is 0 Å². The molecule has 4 heteroatoms. The molecular weight excluding hydrogens is 286 g/mol. The lowest BCUT2D eigenvalue weighted by Gasteiger charge is -2.05. The summed E-state index contributed by atoms with van der Waals surface area (Å²) in [7, 11) is 0.